The maximum atomic E-state index is 12.6. The molecule has 27 heavy (non-hydrogen) atoms. The van der Waals surface area contributed by atoms with E-state index < -0.39 is 17.6 Å². The summed E-state index contributed by atoms with van der Waals surface area (Å²) >= 11 is 1.22. The Kier molecular flexibility index (Phi) is 5.22. The Morgan fingerprint density at radius 3 is 2.59 bits per heavy atom. The van der Waals surface area contributed by atoms with Gasteiger partial charge in [0.05, 0.1) is 23.9 Å². The number of esters is 1. The lowest BCUT2D eigenvalue weighted by molar-refractivity contribution is -0.116. The molecule has 0 fully saturated rings. The molecule has 0 aliphatic rings. The molecule has 0 atom stereocenters. The number of nitrogens with one attached hydrogen (secondary N) is 1. The lowest BCUT2D eigenvalue weighted by Crippen LogP contribution is -2.41. The van der Waals surface area contributed by atoms with Gasteiger partial charge in [-0.1, -0.05) is 12.1 Å². The lowest BCUT2D eigenvalue weighted by Gasteiger charge is -2.12. The van der Waals surface area contributed by atoms with Crippen LogP contribution in [0.4, 0.5) is 5.69 Å². The van der Waals surface area contributed by atoms with Gasteiger partial charge in [-0.05, 0) is 30.5 Å². The molecule has 0 aliphatic heterocycles. The number of ether oxygens (including phenoxy) is 1. The summed E-state index contributed by atoms with van der Waals surface area (Å²) in [5.41, 5.74) is -0.00576. The molecule has 3 rings (SSSR count). The van der Waals surface area contributed by atoms with Crippen molar-refractivity contribution in [1.82, 2.24) is 9.13 Å². The first kappa shape index (κ1) is 18.6. The largest absolute Gasteiger partial charge is 0.465 e. The van der Waals surface area contributed by atoms with Crippen LogP contribution in [-0.2, 0) is 22.6 Å². The zero-order valence-corrected chi connectivity index (χ0v) is 15.5. The maximum absolute atomic E-state index is 12.6. The number of para-hydroxylation sites is 1. The SMILES string of the molecule is CCn1c(=O)c2sccc2n(CC(=O)Nc2ccccc2C(=O)OC)c1=O. The molecule has 2 aromatic heterocycles. The van der Waals surface area contributed by atoms with Gasteiger partial charge in [0.1, 0.15) is 11.2 Å². The summed E-state index contributed by atoms with van der Waals surface area (Å²) in [4.78, 5) is 49.3. The molecule has 0 aliphatic carbocycles. The standard InChI is InChI=1S/C18H17N3O5S/c1-3-20-16(23)15-13(8-9-27-15)21(18(20)25)10-14(22)19-12-7-5-4-6-11(12)17(24)26-2/h4-9H,3,10H2,1-2H3,(H,19,22). The molecule has 3 aromatic rings. The van der Waals surface area contributed by atoms with Crippen molar-refractivity contribution in [3.63, 3.8) is 0 Å². The minimum Gasteiger partial charge on any atom is -0.465 e. The lowest BCUT2D eigenvalue weighted by atomic mass is 10.2. The Morgan fingerprint density at radius 1 is 1.15 bits per heavy atom. The third kappa shape index (κ3) is 3.41. The second-order valence-electron chi connectivity index (χ2n) is 5.64. The summed E-state index contributed by atoms with van der Waals surface area (Å²) in [6.45, 7) is 1.61. The first-order valence-corrected chi connectivity index (χ1v) is 9.04. The minimum absolute atomic E-state index is 0.207. The van der Waals surface area contributed by atoms with E-state index in [9.17, 15) is 19.2 Å². The second-order valence-corrected chi connectivity index (χ2v) is 6.55. The van der Waals surface area contributed by atoms with Crippen LogP contribution < -0.4 is 16.6 Å². The Bertz CT molecular complexity index is 1140. The molecule has 0 unspecified atom stereocenters. The fraction of sp³-hybridized carbons (Fsp3) is 0.222. The van der Waals surface area contributed by atoms with Crippen molar-refractivity contribution in [1.29, 1.82) is 0 Å². The highest BCUT2D eigenvalue weighted by molar-refractivity contribution is 7.17. The Morgan fingerprint density at radius 2 is 1.89 bits per heavy atom. The molecule has 1 N–H and O–H groups in total. The number of amides is 1. The number of carbonyl (C=O) groups is 2. The quantitative estimate of drug-likeness (QED) is 0.672. The predicted molar refractivity (Wildman–Crippen MR) is 102 cm³/mol. The smallest absolute Gasteiger partial charge is 0.339 e. The fourth-order valence-corrected chi connectivity index (χ4v) is 3.62. The van der Waals surface area contributed by atoms with Crippen molar-refractivity contribution < 1.29 is 14.3 Å². The summed E-state index contributed by atoms with van der Waals surface area (Å²) in [6, 6.07) is 8.06. The van der Waals surface area contributed by atoms with E-state index in [-0.39, 0.29) is 29.9 Å². The zero-order chi connectivity index (χ0) is 19.6. The monoisotopic (exact) mass is 387 g/mol. The van der Waals surface area contributed by atoms with Crippen molar-refractivity contribution in [2.45, 2.75) is 20.0 Å². The van der Waals surface area contributed by atoms with E-state index in [1.807, 2.05) is 0 Å². The molecule has 8 nitrogen and oxygen atoms in total. The Hall–Kier alpha value is -3.20. The maximum Gasteiger partial charge on any atom is 0.339 e. The van der Waals surface area contributed by atoms with Crippen molar-refractivity contribution in [2.75, 3.05) is 12.4 Å². The fourth-order valence-electron chi connectivity index (χ4n) is 2.78. The van der Waals surface area contributed by atoms with Crippen LogP contribution in [0.15, 0.2) is 45.3 Å². The molecular weight excluding hydrogens is 370 g/mol. The topological polar surface area (TPSA) is 99.4 Å². The van der Waals surface area contributed by atoms with Gasteiger partial charge in [-0.2, -0.15) is 0 Å². The summed E-state index contributed by atoms with van der Waals surface area (Å²) in [7, 11) is 1.25. The van der Waals surface area contributed by atoms with Crippen molar-refractivity contribution in [2.24, 2.45) is 0 Å². The number of hydrogen-bond donors (Lipinski definition) is 1. The Labute approximate surface area is 157 Å². The number of anilines is 1. The van der Waals surface area contributed by atoms with E-state index in [1.165, 1.54) is 29.1 Å². The first-order valence-electron chi connectivity index (χ1n) is 8.16. The number of nitrogens with zero attached hydrogens (tertiary/aromatic N) is 2. The average Bonchev–Trinajstić information content (AvgIpc) is 3.15. The van der Waals surface area contributed by atoms with E-state index in [0.29, 0.717) is 10.2 Å². The molecule has 2 heterocycles. The molecule has 1 aromatic carbocycles. The van der Waals surface area contributed by atoms with Crippen LogP contribution in [0.5, 0.6) is 0 Å². The van der Waals surface area contributed by atoms with Gasteiger partial charge in [0, 0.05) is 6.54 Å². The number of thiophene rings is 1. The molecule has 0 radical (unpaired) electrons. The third-order valence-corrected chi connectivity index (χ3v) is 4.95. The summed E-state index contributed by atoms with van der Waals surface area (Å²) < 4.78 is 7.47. The Balaban J connectivity index is 1.97. The molecule has 9 heteroatoms. The van der Waals surface area contributed by atoms with Gasteiger partial charge in [0.2, 0.25) is 5.91 Å². The number of hydrogen-bond acceptors (Lipinski definition) is 6. The molecule has 0 saturated heterocycles. The van der Waals surface area contributed by atoms with E-state index in [4.69, 9.17) is 4.74 Å². The molecule has 0 spiro atoms. The first-order chi connectivity index (χ1) is 13.0. The summed E-state index contributed by atoms with van der Waals surface area (Å²) in [5.74, 6) is -1.08. The van der Waals surface area contributed by atoms with Crippen LogP contribution in [0.25, 0.3) is 10.2 Å². The number of benzene rings is 1. The minimum atomic E-state index is -0.581. The summed E-state index contributed by atoms with van der Waals surface area (Å²) in [6.07, 6.45) is 0. The van der Waals surface area contributed by atoms with Gasteiger partial charge < -0.3 is 10.1 Å². The number of methoxy groups -OCH3 is 1. The molecule has 1 amide bonds. The molecule has 0 saturated carbocycles. The average molecular weight is 387 g/mol. The van der Waals surface area contributed by atoms with Crippen LogP contribution >= 0.6 is 11.3 Å². The van der Waals surface area contributed by atoms with E-state index in [0.717, 1.165) is 4.57 Å². The van der Waals surface area contributed by atoms with Gasteiger partial charge in [-0.15, -0.1) is 11.3 Å². The van der Waals surface area contributed by atoms with Gasteiger partial charge in [-0.3, -0.25) is 18.7 Å². The highest BCUT2D eigenvalue weighted by Gasteiger charge is 2.17. The number of carbonyl (C=O) groups excluding carboxylic acids is 2. The van der Waals surface area contributed by atoms with Gasteiger partial charge >= 0.3 is 11.7 Å². The summed E-state index contributed by atoms with van der Waals surface area (Å²) in [5, 5.41) is 4.33. The molecular formula is C18H17N3O5S. The molecule has 140 valence electrons. The van der Waals surface area contributed by atoms with Gasteiger partial charge in [0.15, 0.2) is 0 Å². The van der Waals surface area contributed by atoms with Crippen LogP contribution in [0.2, 0.25) is 0 Å². The predicted octanol–water partition coefficient (Wildman–Crippen LogP) is 1.67. The van der Waals surface area contributed by atoms with Crippen molar-refractivity contribution >= 4 is 39.1 Å². The van der Waals surface area contributed by atoms with Crippen LogP contribution in [0, 0.1) is 0 Å². The van der Waals surface area contributed by atoms with E-state index in [2.05, 4.69) is 5.32 Å². The third-order valence-electron chi connectivity index (χ3n) is 4.06. The van der Waals surface area contributed by atoms with Gasteiger partial charge in [-0.25, -0.2) is 9.59 Å². The van der Waals surface area contributed by atoms with Crippen LogP contribution in [0.3, 0.4) is 0 Å². The highest BCUT2D eigenvalue weighted by Crippen LogP contribution is 2.17. The van der Waals surface area contributed by atoms with Crippen LogP contribution in [-0.4, -0.2) is 28.1 Å². The highest BCUT2D eigenvalue weighted by atomic mass is 32.1. The number of rotatable bonds is 5. The van der Waals surface area contributed by atoms with Crippen molar-refractivity contribution in [3.8, 4) is 0 Å². The number of aromatic nitrogens is 2. The second kappa shape index (κ2) is 7.58. The normalized spacial score (nSPS) is 10.7. The zero-order valence-electron chi connectivity index (χ0n) is 14.7. The number of fused-ring (bicyclic) bond motifs is 1. The molecule has 0 bridgehead atoms. The van der Waals surface area contributed by atoms with Crippen molar-refractivity contribution in [3.05, 3.63) is 62.1 Å². The van der Waals surface area contributed by atoms with Gasteiger partial charge in [0.25, 0.3) is 5.56 Å². The van der Waals surface area contributed by atoms with E-state index in [1.54, 1.807) is 36.6 Å². The van der Waals surface area contributed by atoms with Crippen LogP contribution in [0.1, 0.15) is 17.3 Å². The van der Waals surface area contributed by atoms with E-state index >= 15 is 0 Å².